The molecule has 3 N–H and O–H groups in total. The molecule has 2 unspecified atom stereocenters. The molecule has 1 fully saturated rings. The Hall–Kier alpha value is -1.54. The molecule has 21 heavy (non-hydrogen) atoms. The average molecular weight is 318 g/mol. The monoisotopic (exact) mass is 318 g/mol. The molecule has 0 aromatic heterocycles. The number of hydrogen-bond donors (Lipinski definition) is 2. The molecule has 1 amide bonds. The van der Waals surface area contributed by atoms with Gasteiger partial charge in [0.05, 0.1) is 5.56 Å². The van der Waals surface area contributed by atoms with Crippen molar-refractivity contribution in [1.29, 1.82) is 0 Å². The number of amides is 1. The highest BCUT2D eigenvalue weighted by atomic mass is 32.2. The van der Waals surface area contributed by atoms with E-state index in [2.05, 4.69) is 5.32 Å². The molecule has 0 spiro atoms. The zero-order chi connectivity index (χ0) is 15.8. The van der Waals surface area contributed by atoms with Gasteiger partial charge in [-0.2, -0.15) is 0 Å². The van der Waals surface area contributed by atoms with Crippen LogP contribution in [0.3, 0.4) is 0 Å². The van der Waals surface area contributed by atoms with E-state index in [1.54, 1.807) is 0 Å². The molecule has 2 rings (SSSR count). The number of primary sulfonamides is 1. The zero-order valence-corrected chi connectivity index (χ0v) is 12.2. The van der Waals surface area contributed by atoms with E-state index in [9.17, 15) is 22.0 Å². The number of halogens is 2. The molecule has 116 valence electrons. The van der Waals surface area contributed by atoms with Crippen LogP contribution in [0.15, 0.2) is 17.0 Å². The SMILES string of the molecule is CC1CCC(NC(=O)c2cc(F)cc(S(N)(=O)=O)c2F)C1. The number of benzene rings is 1. The summed E-state index contributed by atoms with van der Waals surface area (Å²) in [5, 5.41) is 7.40. The molecule has 0 aliphatic heterocycles. The van der Waals surface area contributed by atoms with Crippen molar-refractivity contribution in [3.05, 3.63) is 29.3 Å². The second-order valence-corrected chi connectivity index (χ2v) is 6.93. The fraction of sp³-hybridized carbons (Fsp3) is 0.462. The molecule has 1 aliphatic rings. The van der Waals surface area contributed by atoms with Crippen LogP contribution in [0.25, 0.3) is 0 Å². The predicted octanol–water partition coefficient (Wildman–Crippen LogP) is 1.53. The number of hydrogen-bond acceptors (Lipinski definition) is 3. The van der Waals surface area contributed by atoms with Gasteiger partial charge in [-0.1, -0.05) is 6.92 Å². The minimum atomic E-state index is -4.44. The smallest absolute Gasteiger partial charge is 0.254 e. The molecule has 1 aromatic carbocycles. The molecular weight excluding hydrogens is 302 g/mol. The van der Waals surface area contributed by atoms with Gasteiger partial charge in [0.25, 0.3) is 5.91 Å². The Morgan fingerprint density at radius 1 is 1.33 bits per heavy atom. The van der Waals surface area contributed by atoms with Gasteiger partial charge in [0, 0.05) is 6.04 Å². The van der Waals surface area contributed by atoms with Crippen molar-refractivity contribution < 1.29 is 22.0 Å². The van der Waals surface area contributed by atoms with Crippen LogP contribution in [0, 0.1) is 17.6 Å². The molecule has 1 saturated carbocycles. The summed E-state index contributed by atoms with van der Waals surface area (Å²) < 4.78 is 49.9. The van der Waals surface area contributed by atoms with Crippen LogP contribution in [0.2, 0.25) is 0 Å². The summed E-state index contributed by atoms with van der Waals surface area (Å²) in [6.45, 7) is 2.04. The van der Waals surface area contributed by atoms with Gasteiger partial charge < -0.3 is 5.32 Å². The van der Waals surface area contributed by atoms with E-state index < -0.39 is 38.0 Å². The van der Waals surface area contributed by atoms with E-state index in [0.717, 1.165) is 19.3 Å². The first-order chi connectivity index (χ1) is 9.68. The van der Waals surface area contributed by atoms with Crippen molar-refractivity contribution in [3.8, 4) is 0 Å². The van der Waals surface area contributed by atoms with Gasteiger partial charge in [-0.3, -0.25) is 4.79 Å². The third kappa shape index (κ3) is 3.56. The summed E-state index contributed by atoms with van der Waals surface area (Å²) in [7, 11) is -4.44. The van der Waals surface area contributed by atoms with Gasteiger partial charge in [0.15, 0.2) is 5.82 Å². The minimum Gasteiger partial charge on any atom is -0.349 e. The molecule has 0 bridgehead atoms. The first-order valence-corrected chi connectivity index (χ1v) is 8.06. The molecule has 1 aliphatic carbocycles. The summed E-state index contributed by atoms with van der Waals surface area (Å²) in [5.41, 5.74) is -0.654. The molecule has 2 atom stereocenters. The minimum absolute atomic E-state index is 0.117. The highest BCUT2D eigenvalue weighted by Crippen LogP contribution is 2.25. The Kier molecular flexibility index (Phi) is 4.29. The van der Waals surface area contributed by atoms with Gasteiger partial charge in [0.1, 0.15) is 10.7 Å². The Labute approximate surface area is 121 Å². The van der Waals surface area contributed by atoms with Crippen LogP contribution in [-0.4, -0.2) is 20.4 Å². The number of nitrogens with two attached hydrogens (primary N) is 1. The van der Waals surface area contributed by atoms with E-state index in [0.29, 0.717) is 18.1 Å². The van der Waals surface area contributed by atoms with Gasteiger partial charge in [-0.15, -0.1) is 0 Å². The fourth-order valence-corrected chi connectivity index (χ4v) is 3.17. The van der Waals surface area contributed by atoms with Crippen LogP contribution in [0.4, 0.5) is 8.78 Å². The lowest BCUT2D eigenvalue weighted by atomic mass is 10.1. The summed E-state index contributed by atoms with van der Waals surface area (Å²) >= 11 is 0. The summed E-state index contributed by atoms with van der Waals surface area (Å²) in [5.74, 6) is -2.75. The van der Waals surface area contributed by atoms with Crippen molar-refractivity contribution in [2.24, 2.45) is 11.1 Å². The lowest BCUT2D eigenvalue weighted by molar-refractivity contribution is 0.0932. The number of rotatable bonds is 3. The van der Waals surface area contributed by atoms with E-state index in [-0.39, 0.29) is 6.04 Å². The molecule has 0 heterocycles. The second kappa shape index (κ2) is 5.69. The maximum Gasteiger partial charge on any atom is 0.254 e. The zero-order valence-electron chi connectivity index (χ0n) is 11.4. The maximum absolute atomic E-state index is 14.1. The van der Waals surface area contributed by atoms with Crippen molar-refractivity contribution in [3.63, 3.8) is 0 Å². The quantitative estimate of drug-likeness (QED) is 0.885. The van der Waals surface area contributed by atoms with Gasteiger partial charge in [0.2, 0.25) is 10.0 Å². The summed E-state index contributed by atoms with van der Waals surface area (Å²) in [4.78, 5) is 11.0. The van der Waals surface area contributed by atoms with Crippen LogP contribution >= 0.6 is 0 Å². The van der Waals surface area contributed by atoms with E-state index in [1.807, 2.05) is 6.92 Å². The first-order valence-electron chi connectivity index (χ1n) is 6.51. The topological polar surface area (TPSA) is 89.3 Å². The van der Waals surface area contributed by atoms with Crippen molar-refractivity contribution in [1.82, 2.24) is 5.32 Å². The van der Waals surface area contributed by atoms with Crippen LogP contribution in [0.5, 0.6) is 0 Å². The number of sulfonamides is 1. The highest BCUT2D eigenvalue weighted by molar-refractivity contribution is 7.89. The Morgan fingerprint density at radius 2 is 2.00 bits per heavy atom. The van der Waals surface area contributed by atoms with Crippen molar-refractivity contribution in [2.75, 3.05) is 0 Å². The fourth-order valence-electron chi connectivity index (χ4n) is 2.54. The normalized spacial score (nSPS) is 22.3. The third-order valence-electron chi connectivity index (χ3n) is 3.59. The predicted molar refractivity (Wildman–Crippen MR) is 72.0 cm³/mol. The van der Waals surface area contributed by atoms with Crippen molar-refractivity contribution in [2.45, 2.75) is 37.1 Å². The largest absolute Gasteiger partial charge is 0.349 e. The maximum atomic E-state index is 14.1. The Bertz CT molecular complexity index is 676. The lowest BCUT2D eigenvalue weighted by Crippen LogP contribution is -2.34. The van der Waals surface area contributed by atoms with Crippen molar-refractivity contribution >= 4 is 15.9 Å². The Morgan fingerprint density at radius 3 is 2.52 bits per heavy atom. The molecule has 5 nitrogen and oxygen atoms in total. The van der Waals surface area contributed by atoms with E-state index >= 15 is 0 Å². The molecule has 0 saturated heterocycles. The highest BCUT2D eigenvalue weighted by Gasteiger charge is 2.27. The van der Waals surface area contributed by atoms with Crippen LogP contribution in [0.1, 0.15) is 36.5 Å². The molecular formula is C13H16F2N2O3S. The number of nitrogens with one attached hydrogen (secondary N) is 1. The van der Waals surface area contributed by atoms with Gasteiger partial charge in [-0.05, 0) is 37.3 Å². The summed E-state index contributed by atoms with van der Waals surface area (Å²) in [6.07, 6.45) is 2.45. The molecule has 1 aromatic rings. The van der Waals surface area contributed by atoms with Gasteiger partial charge in [-0.25, -0.2) is 22.3 Å². The molecule has 0 radical (unpaired) electrons. The van der Waals surface area contributed by atoms with E-state index in [1.165, 1.54) is 0 Å². The number of carbonyl (C=O) groups excluding carboxylic acids is 1. The first kappa shape index (κ1) is 15.8. The summed E-state index contributed by atoms with van der Waals surface area (Å²) in [6, 6.07) is 1.00. The Balaban J connectivity index is 2.31. The lowest BCUT2D eigenvalue weighted by Gasteiger charge is -2.14. The third-order valence-corrected chi connectivity index (χ3v) is 4.50. The van der Waals surface area contributed by atoms with Crippen LogP contribution in [-0.2, 0) is 10.0 Å². The molecule has 8 heteroatoms. The number of carbonyl (C=O) groups is 1. The van der Waals surface area contributed by atoms with Crippen LogP contribution < -0.4 is 10.5 Å². The standard InChI is InChI=1S/C13H16F2N2O3S/c1-7-2-3-9(4-7)17-13(18)10-5-8(14)6-11(12(10)15)21(16,19)20/h5-7,9H,2-4H2,1H3,(H,17,18)(H2,16,19,20). The second-order valence-electron chi connectivity index (χ2n) is 5.40. The van der Waals surface area contributed by atoms with Gasteiger partial charge >= 0.3 is 0 Å². The average Bonchev–Trinajstić information content (AvgIpc) is 2.75. The van der Waals surface area contributed by atoms with E-state index in [4.69, 9.17) is 5.14 Å².